The number of halogens is 1. The molecule has 0 heterocycles. The first-order valence-corrected chi connectivity index (χ1v) is 8.41. The molecule has 0 radical (unpaired) electrons. The Morgan fingerprint density at radius 1 is 1.12 bits per heavy atom. The lowest BCUT2D eigenvalue weighted by Crippen LogP contribution is -2.30. The number of amides is 2. The number of hydrogen-bond donors (Lipinski definition) is 3. The van der Waals surface area contributed by atoms with Gasteiger partial charge in [-0.25, -0.2) is 0 Å². The number of aryl methyl sites for hydroxylation is 2. The summed E-state index contributed by atoms with van der Waals surface area (Å²) in [5.74, 6) is -0.193. The van der Waals surface area contributed by atoms with Crippen molar-refractivity contribution in [1.82, 2.24) is 5.32 Å². The number of benzene rings is 2. The van der Waals surface area contributed by atoms with Gasteiger partial charge in [-0.05, 0) is 62.6 Å². The Kier molecular flexibility index (Phi) is 8.13. The zero-order valence-electron chi connectivity index (χ0n) is 15.3. The van der Waals surface area contributed by atoms with Crippen LogP contribution >= 0.6 is 12.4 Å². The molecule has 0 atom stereocenters. The predicted molar refractivity (Wildman–Crippen MR) is 109 cm³/mol. The van der Waals surface area contributed by atoms with Crippen LogP contribution in [0.4, 0.5) is 11.4 Å². The first kappa shape index (κ1) is 21.5. The molecule has 140 valence electrons. The monoisotopic (exact) mass is 375 g/mol. The first-order chi connectivity index (χ1) is 11.9. The Balaban J connectivity index is 0.00000338. The van der Waals surface area contributed by atoms with Crippen molar-refractivity contribution in [2.45, 2.75) is 39.7 Å². The Bertz CT molecular complexity index is 775. The third-order valence-electron chi connectivity index (χ3n) is 3.86. The van der Waals surface area contributed by atoms with Crippen LogP contribution in [0.15, 0.2) is 42.5 Å². The molecule has 26 heavy (non-hydrogen) atoms. The van der Waals surface area contributed by atoms with Crippen molar-refractivity contribution >= 4 is 35.6 Å². The summed E-state index contributed by atoms with van der Waals surface area (Å²) in [6, 6.07) is 12.9. The van der Waals surface area contributed by atoms with Crippen molar-refractivity contribution in [1.29, 1.82) is 0 Å². The molecular formula is C20H26ClN3O2. The Hall–Kier alpha value is -2.53. The first-order valence-electron chi connectivity index (χ1n) is 8.41. The quantitative estimate of drug-likeness (QED) is 0.673. The summed E-state index contributed by atoms with van der Waals surface area (Å²) >= 11 is 0. The molecule has 0 aliphatic carbocycles. The van der Waals surface area contributed by atoms with Crippen molar-refractivity contribution in [3.63, 3.8) is 0 Å². The van der Waals surface area contributed by atoms with Gasteiger partial charge in [-0.1, -0.05) is 18.2 Å². The van der Waals surface area contributed by atoms with Crippen LogP contribution in [0, 0.1) is 6.92 Å². The van der Waals surface area contributed by atoms with Gasteiger partial charge in [-0.15, -0.1) is 12.4 Å². The number of rotatable bonds is 6. The molecule has 0 aliphatic heterocycles. The molecule has 5 nitrogen and oxygen atoms in total. The largest absolute Gasteiger partial charge is 0.399 e. The fourth-order valence-electron chi connectivity index (χ4n) is 2.51. The SMILES string of the molecule is Cc1cc(C(=O)NC(C)C)ccc1NC(=O)CCc1ccccc1N.Cl. The molecule has 6 heteroatoms. The van der Waals surface area contributed by atoms with Crippen LogP contribution in [0.3, 0.4) is 0 Å². The highest BCUT2D eigenvalue weighted by atomic mass is 35.5. The second-order valence-corrected chi connectivity index (χ2v) is 6.40. The van der Waals surface area contributed by atoms with Gasteiger partial charge < -0.3 is 16.4 Å². The van der Waals surface area contributed by atoms with E-state index in [2.05, 4.69) is 10.6 Å². The van der Waals surface area contributed by atoms with Gasteiger partial charge in [0.05, 0.1) is 0 Å². The summed E-state index contributed by atoms with van der Waals surface area (Å²) < 4.78 is 0. The van der Waals surface area contributed by atoms with Gasteiger partial charge in [0.2, 0.25) is 5.91 Å². The summed E-state index contributed by atoms with van der Waals surface area (Å²) in [4.78, 5) is 24.2. The van der Waals surface area contributed by atoms with Gasteiger partial charge in [-0.3, -0.25) is 9.59 Å². The van der Waals surface area contributed by atoms with E-state index in [1.807, 2.05) is 45.0 Å². The average Bonchev–Trinajstić information content (AvgIpc) is 2.55. The van der Waals surface area contributed by atoms with E-state index in [4.69, 9.17) is 5.73 Å². The van der Waals surface area contributed by atoms with Crippen LogP contribution < -0.4 is 16.4 Å². The number of hydrogen-bond acceptors (Lipinski definition) is 3. The number of carbonyl (C=O) groups excluding carboxylic acids is 2. The highest BCUT2D eigenvalue weighted by Crippen LogP contribution is 2.18. The third kappa shape index (κ3) is 6.08. The van der Waals surface area contributed by atoms with E-state index in [0.29, 0.717) is 29.8 Å². The van der Waals surface area contributed by atoms with Gasteiger partial charge in [0.25, 0.3) is 5.91 Å². The van der Waals surface area contributed by atoms with E-state index in [1.165, 1.54) is 0 Å². The standard InChI is InChI=1S/C20H25N3O2.ClH/c1-13(2)22-20(25)16-8-10-18(14(3)12-16)23-19(24)11-9-15-6-4-5-7-17(15)21;/h4-8,10,12-13H,9,11,21H2,1-3H3,(H,22,25)(H,23,24);1H. The minimum atomic E-state index is -0.115. The summed E-state index contributed by atoms with van der Waals surface area (Å²) in [6.45, 7) is 5.70. The molecule has 0 fully saturated rings. The van der Waals surface area contributed by atoms with Crippen molar-refractivity contribution in [3.8, 4) is 0 Å². The van der Waals surface area contributed by atoms with E-state index < -0.39 is 0 Å². The molecule has 4 N–H and O–H groups in total. The number of carbonyl (C=O) groups is 2. The fraction of sp³-hybridized carbons (Fsp3) is 0.300. The van der Waals surface area contributed by atoms with Crippen molar-refractivity contribution in [2.24, 2.45) is 0 Å². The van der Waals surface area contributed by atoms with Gasteiger partial charge in [0.15, 0.2) is 0 Å². The van der Waals surface area contributed by atoms with Crippen LogP contribution in [-0.4, -0.2) is 17.9 Å². The van der Waals surface area contributed by atoms with Crippen LogP contribution in [0.5, 0.6) is 0 Å². The van der Waals surface area contributed by atoms with Gasteiger partial charge in [-0.2, -0.15) is 0 Å². The molecule has 0 spiro atoms. The Morgan fingerprint density at radius 2 is 1.81 bits per heavy atom. The van der Waals surface area contributed by atoms with Gasteiger partial charge >= 0.3 is 0 Å². The van der Waals surface area contributed by atoms with Crippen LogP contribution in [0.1, 0.15) is 41.8 Å². The highest BCUT2D eigenvalue weighted by Gasteiger charge is 2.11. The van der Waals surface area contributed by atoms with Crippen LogP contribution in [0.25, 0.3) is 0 Å². The maximum absolute atomic E-state index is 12.2. The molecule has 0 saturated heterocycles. The van der Waals surface area contributed by atoms with Crippen molar-refractivity contribution in [2.75, 3.05) is 11.1 Å². The van der Waals surface area contributed by atoms with Crippen LogP contribution in [-0.2, 0) is 11.2 Å². The highest BCUT2D eigenvalue weighted by molar-refractivity contribution is 5.96. The van der Waals surface area contributed by atoms with Gasteiger partial charge in [0.1, 0.15) is 0 Å². The third-order valence-corrected chi connectivity index (χ3v) is 3.86. The van der Waals surface area contributed by atoms with Crippen LogP contribution in [0.2, 0.25) is 0 Å². The Labute approximate surface area is 160 Å². The van der Waals surface area contributed by atoms with E-state index in [0.717, 1.165) is 11.1 Å². The normalized spacial score (nSPS) is 10.2. The lowest BCUT2D eigenvalue weighted by Gasteiger charge is -2.12. The lowest BCUT2D eigenvalue weighted by atomic mass is 10.1. The molecule has 2 amide bonds. The minimum absolute atomic E-state index is 0. The van der Waals surface area contributed by atoms with E-state index >= 15 is 0 Å². The molecule has 0 aliphatic rings. The van der Waals surface area contributed by atoms with E-state index in [1.54, 1.807) is 18.2 Å². The number of nitrogens with two attached hydrogens (primary N) is 1. The Morgan fingerprint density at radius 3 is 2.42 bits per heavy atom. The number of nitrogen functional groups attached to an aromatic ring is 1. The molecule has 2 aromatic carbocycles. The molecule has 2 aromatic rings. The molecular weight excluding hydrogens is 350 g/mol. The zero-order chi connectivity index (χ0) is 18.4. The second-order valence-electron chi connectivity index (χ2n) is 6.40. The maximum Gasteiger partial charge on any atom is 0.251 e. The predicted octanol–water partition coefficient (Wildman–Crippen LogP) is 3.71. The molecule has 2 rings (SSSR count). The lowest BCUT2D eigenvalue weighted by molar-refractivity contribution is -0.116. The number of anilines is 2. The average molecular weight is 376 g/mol. The molecule has 0 bridgehead atoms. The topological polar surface area (TPSA) is 84.2 Å². The van der Waals surface area contributed by atoms with Crippen molar-refractivity contribution in [3.05, 3.63) is 59.2 Å². The molecule has 0 saturated carbocycles. The minimum Gasteiger partial charge on any atom is -0.399 e. The van der Waals surface area contributed by atoms with E-state index in [9.17, 15) is 9.59 Å². The summed E-state index contributed by atoms with van der Waals surface area (Å²) in [7, 11) is 0. The maximum atomic E-state index is 12.2. The molecule has 0 unspecified atom stereocenters. The second kappa shape index (κ2) is 9.82. The number of nitrogens with one attached hydrogen (secondary N) is 2. The van der Waals surface area contributed by atoms with Crippen molar-refractivity contribution < 1.29 is 9.59 Å². The summed E-state index contributed by atoms with van der Waals surface area (Å²) in [5, 5.41) is 5.75. The fourth-order valence-corrected chi connectivity index (χ4v) is 2.51. The summed E-state index contributed by atoms with van der Waals surface area (Å²) in [6.07, 6.45) is 0.940. The zero-order valence-corrected chi connectivity index (χ0v) is 16.2. The van der Waals surface area contributed by atoms with E-state index in [-0.39, 0.29) is 30.3 Å². The smallest absolute Gasteiger partial charge is 0.251 e. The summed E-state index contributed by atoms with van der Waals surface area (Å²) in [5.41, 5.74) is 9.71. The molecule has 0 aromatic heterocycles. The number of para-hydroxylation sites is 1. The van der Waals surface area contributed by atoms with Gasteiger partial charge in [0, 0.05) is 29.4 Å².